The number of carbonyl (C=O) groups excluding carboxylic acids is 1. The third kappa shape index (κ3) is 6.10. The van der Waals surface area contributed by atoms with Crippen LogP contribution in [0.3, 0.4) is 0 Å². The Morgan fingerprint density at radius 2 is 1.82 bits per heavy atom. The largest absolute Gasteiger partial charge is 0.356 e. The highest BCUT2D eigenvalue weighted by Gasteiger charge is 2.20. The van der Waals surface area contributed by atoms with E-state index in [2.05, 4.69) is 33.8 Å². The molecule has 0 aromatic heterocycles. The number of aliphatic imine (C=N–C) groups is 1. The Hall–Kier alpha value is -1.80. The molecule has 0 saturated heterocycles. The molecule has 28 heavy (non-hydrogen) atoms. The molecule has 1 aliphatic heterocycles. The fourth-order valence-electron chi connectivity index (χ4n) is 3.22. The lowest BCUT2D eigenvalue weighted by molar-refractivity contribution is -0.130. The van der Waals surface area contributed by atoms with Gasteiger partial charge in [0.2, 0.25) is 5.91 Å². The minimum absolute atomic E-state index is 0. The van der Waals surface area contributed by atoms with Crippen molar-refractivity contribution in [3.8, 4) is 0 Å². The molecule has 1 heterocycles. The second-order valence-electron chi connectivity index (χ2n) is 6.53. The fourth-order valence-corrected chi connectivity index (χ4v) is 3.45. The molecule has 7 heteroatoms. The number of guanidine groups is 1. The summed E-state index contributed by atoms with van der Waals surface area (Å²) >= 11 is 6.17. The molecular weight excluding hydrogens is 487 g/mol. The molecule has 2 aromatic carbocycles. The highest BCUT2D eigenvalue weighted by Crippen LogP contribution is 2.18. The minimum Gasteiger partial charge on any atom is -0.356 e. The van der Waals surface area contributed by atoms with Gasteiger partial charge < -0.3 is 15.5 Å². The maximum Gasteiger partial charge on any atom is 0.242 e. The monoisotopic (exact) mass is 512 g/mol. The third-order valence-corrected chi connectivity index (χ3v) is 5.13. The minimum atomic E-state index is 0. The summed E-state index contributed by atoms with van der Waals surface area (Å²) in [6.45, 7) is 2.36. The molecule has 2 N–H and O–H groups in total. The van der Waals surface area contributed by atoms with Gasteiger partial charge in [0.05, 0.1) is 6.54 Å². The second kappa shape index (κ2) is 11.3. The average Bonchev–Trinajstić information content (AvgIpc) is 2.71. The van der Waals surface area contributed by atoms with Crippen LogP contribution in [-0.2, 0) is 24.2 Å². The fraction of sp³-hybridized carbons (Fsp3) is 0.333. The Morgan fingerprint density at radius 1 is 1.11 bits per heavy atom. The van der Waals surface area contributed by atoms with Gasteiger partial charge in [0.25, 0.3) is 0 Å². The van der Waals surface area contributed by atoms with Crippen molar-refractivity contribution in [2.24, 2.45) is 4.99 Å². The number of fused-ring (bicyclic) bond motifs is 1. The first-order valence-electron chi connectivity index (χ1n) is 9.20. The van der Waals surface area contributed by atoms with Gasteiger partial charge in [0, 0.05) is 31.7 Å². The van der Waals surface area contributed by atoms with Crippen molar-refractivity contribution in [2.75, 3.05) is 26.7 Å². The summed E-state index contributed by atoms with van der Waals surface area (Å²) in [5.41, 5.74) is 3.66. The molecule has 0 unspecified atom stereocenters. The Labute approximate surface area is 188 Å². The zero-order valence-corrected chi connectivity index (χ0v) is 19.0. The molecule has 0 saturated carbocycles. The van der Waals surface area contributed by atoms with Crippen molar-refractivity contribution in [1.29, 1.82) is 0 Å². The normalized spacial score (nSPS) is 13.4. The topological polar surface area (TPSA) is 56.7 Å². The molecule has 150 valence electrons. The number of amides is 1. The highest BCUT2D eigenvalue weighted by molar-refractivity contribution is 14.0. The van der Waals surface area contributed by atoms with Crippen LogP contribution in [0, 0.1) is 0 Å². The van der Waals surface area contributed by atoms with E-state index in [0.717, 1.165) is 30.0 Å². The van der Waals surface area contributed by atoms with Crippen LogP contribution < -0.4 is 10.6 Å². The van der Waals surface area contributed by atoms with Crippen LogP contribution in [0.4, 0.5) is 0 Å². The predicted octanol–water partition coefficient (Wildman–Crippen LogP) is 3.25. The van der Waals surface area contributed by atoms with Crippen LogP contribution in [0.2, 0.25) is 5.02 Å². The quantitative estimate of drug-likeness (QED) is 0.367. The van der Waals surface area contributed by atoms with E-state index >= 15 is 0 Å². The van der Waals surface area contributed by atoms with Crippen molar-refractivity contribution in [2.45, 2.75) is 19.4 Å². The summed E-state index contributed by atoms with van der Waals surface area (Å²) < 4.78 is 0. The molecule has 0 aliphatic carbocycles. The summed E-state index contributed by atoms with van der Waals surface area (Å²) in [5, 5.41) is 7.10. The maximum absolute atomic E-state index is 12.5. The van der Waals surface area contributed by atoms with Gasteiger partial charge in [-0.3, -0.25) is 9.79 Å². The van der Waals surface area contributed by atoms with Gasteiger partial charge in [-0.1, -0.05) is 54.1 Å². The summed E-state index contributed by atoms with van der Waals surface area (Å²) in [7, 11) is 1.70. The zero-order valence-electron chi connectivity index (χ0n) is 16.0. The van der Waals surface area contributed by atoms with Gasteiger partial charge >= 0.3 is 0 Å². The van der Waals surface area contributed by atoms with E-state index < -0.39 is 0 Å². The van der Waals surface area contributed by atoms with Crippen LogP contribution in [0.25, 0.3) is 0 Å². The Balaban J connectivity index is 0.00000280. The molecular formula is C21H26ClIN4O. The predicted molar refractivity (Wildman–Crippen MR) is 125 cm³/mol. The average molecular weight is 513 g/mol. The van der Waals surface area contributed by atoms with E-state index in [1.165, 1.54) is 11.1 Å². The van der Waals surface area contributed by atoms with Gasteiger partial charge in [-0.05, 0) is 35.6 Å². The molecule has 0 bridgehead atoms. The van der Waals surface area contributed by atoms with E-state index in [0.29, 0.717) is 19.0 Å². The molecule has 2 aromatic rings. The van der Waals surface area contributed by atoms with Crippen LogP contribution in [0.5, 0.6) is 0 Å². The van der Waals surface area contributed by atoms with Crippen molar-refractivity contribution >= 4 is 47.4 Å². The van der Waals surface area contributed by atoms with E-state index in [1.54, 1.807) is 7.05 Å². The number of halogens is 2. The molecule has 1 aliphatic rings. The smallest absolute Gasteiger partial charge is 0.242 e. The zero-order chi connectivity index (χ0) is 19.1. The van der Waals surface area contributed by atoms with E-state index in [4.69, 9.17) is 11.6 Å². The number of nitrogens with zero attached hydrogens (tertiary/aromatic N) is 2. The van der Waals surface area contributed by atoms with Gasteiger partial charge in [-0.2, -0.15) is 0 Å². The number of rotatable bonds is 5. The van der Waals surface area contributed by atoms with Gasteiger partial charge in [-0.15, -0.1) is 24.0 Å². The number of benzene rings is 2. The van der Waals surface area contributed by atoms with Crippen LogP contribution in [0.15, 0.2) is 53.5 Å². The standard InChI is InChI=1S/C21H25ClN4O.HI/c1-23-21(24-12-10-17-7-4-5-9-19(17)22)25-14-20(27)26-13-11-16-6-2-3-8-18(16)15-26;/h2-9H,10-15H2,1H3,(H2,23,24,25);1H. The van der Waals surface area contributed by atoms with Gasteiger partial charge in [0.15, 0.2) is 5.96 Å². The molecule has 0 radical (unpaired) electrons. The van der Waals surface area contributed by atoms with Crippen LogP contribution in [-0.4, -0.2) is 43.4 Å². The lowest BCUT2D eigenvalue weighted by atomic mass is 10.00. The highest BCUT2D eigenvalue weighted by atomic mass is 127. The number of hydrogen-bond donors (Lipinski definition) is 2. The number of nitrogens with one attached hydrogen (secondary N) is 2. The number of hydrogen-bond acceptors (Lipinski definition) is 2. The summed E-state index contributed by atoms with van der Waals surface area (Å²) in [6.07, 6.45) is 1.70. The SMILES string of the molecule is CN=C(NCCc1ccccc1Cl)NCC(=O)N1CCc2ccccc2C1.I. The molecule has 3 rings (SSSR count). The Morgan fingerprint density at radius 3 is 2.57 bits per heavy atom. The molecule has 1 amide bonds. The van der Waals surface area contributed by atoms with E-state index in [-0.39, 0.29) is 36.4 Å². The summed E-state index contributed by atoms with van der Waals surface area (Å²) in [6, 6.07) is 16.1. The van der Waals surface area contributed by atoms with Crippen molar-refractivity contribution in [3.63, 3.8) is 0 Å². The summed E-state index contributed by atoms with van der Waals surface area (Å²) in [5.74, 6) is 0.700. The van der Waals surface area contributed by atoms with Crippen LogP contribution >= 0.6 is 35.6 Å². The maximum atomic E-state index is 12.5. The first kappa shape index (κ1) is 22.5. The third-order valence-electron chi connectivity index (χ3n) is 4.76. The van der Waals surface area contributed by atoms with Crippen molar-refractivity contribution in [3.05, 3.63) is 70.2 Å². The molecule has 5 nitrogen and oxygen atoms in total. The van der Waals surface area contributed by atoms with E-state index in [1.807, 2.05) is 35.2 Å². The first-order valence-corrected chi connectivity index (χ1v) is 9.57. The van der Waals surface area contributed by atoms with Crippen molar-refractivity contribution < 1.29 is 4.79 Å². The lowest BCUT2D eigenvalue weighted by Gasteiger charge is -2.29. The first-order chi connectivity index (χ1) is 13.2. The molecule has 0 spiro atoms. The second-order valence-corrected chi connectivity index (χ2v) is 6.94. The number of carbonyl (C=O) groups is 1. The van der Waals surface area contributed by atoms with Gasteiger partial charge in [0.1, 0.15) is 0 Å². The Bertz CT molecular complexity index is 828. The molecule has 0 atom stereocenters. The summed E-state index contributed by atoms with van der Waals surface area (Å²) in [4.78, 5) is 18.6. The van der Waals surface area contributed by atoms with Gasteiger partial charge in [-0.25, -0.2) is 0 Å². The lowest BCUT2D eigenvalue weighted by Crippen LogP contribution is -2.46. The van der Waals surface area contributed by atoms with E-state index in [9.17, 15) is 4.79 Å². The Kier molecular flexibility index (Phi) is 9.05. The van der Waals surface area contributed by atoms with Crippen LogP contribution in [0.1, 0.15) is 16.7 Å². The van der Waals surface area contributed by atoms with Crippen molar-refractivity contribution in [1.82, 2.24) is 15.5 Å². The molecule has 0 fully saturated rings.